The Morgan fingerprint density at radius 2 is 0.652 bits per heavy atom. The predicted molar refractivity (Wildman–Crippen MR) is 583 cm³/mol. The monoisotopic (exact) mass is 1810 g/mol. The third kappa shape index (κ3) is 13.6. The summed E-state index contributed by atoms with van der Waals surface area (Å²) in [6, 6.07) is 165. The third-order valence-electron chi connectivity index (χ3n) is 29.1. The van der Waals surface area contributed by atoms with Crippen LogP contribution in [0.4, 0.5) is 0 Å². The third-order valence-corrected chi connectivity index (χ3v) is 30.2. The van der Waals surface area contributed by atoms with Gasteiger partial charge < -0.3 is 4.57 Å². The van der Waals surface area contributed by atoms with Gasteiger partial charge in [0.25, 0.3) is 0 Å². The van der Waals surface area contributed by atoms with Crippen LogP contribution in [0.2, 0.25) is 0 Å². The second kappa shape index (κ2) is 32.9. The topological polar surface area (TPSA) is 117 Å². The SMILES string of the molecule is CC1(C)c2ccccc2-c2c(-c3nc(-c4ccccc4)nc(-c4ccc(-c5ccc6c7c(ccc(-c8cccc9sc%10cc(-c%11ccc(C#N)cc%11)ccc%10c89)c57)-c5ccccc5-6)cc4)n3)cccc21.N#Cc1ccc(-c2cccc(-c3ccc4c5c(cc(-c6ccc7c8ccc(-c9cc(-c%10ccc%11ccccc%11c%10)nc(-c%10ccccc%10)n9)cc8n(-c8ccccc8)c7c6)cc35)-c3ccccc3-4)c2)cc1. The van der Waals surface area contributed by atoms with E-state index in [2.05, 4.69) is 395 Å². The number of benzene rings is 21. The molecule has 0 N–H and O–H groups in total. The number of aromatic nitrogens is 6. The van der Waals surface area contributed by atoms with Gasteiger partial charge >= 0.3 is 0 Å². The van der Waals surface area contributed by atoms with Gasteiger partial charge in [0.2, 0.25) is 0 Å². The van der Waals surface area contributed by atoms with Crippen molar-refractivity contribution in [1.82, 2.24) is 29.5 Å². The number of fused-ring (bicyclic) bond motifs is 16. The molecule has 9 heteroatoms. The fourth-order valence-electron chi connectivity index (χ4n) is 22.3. The van der Waals surface area contributed by atoms with Gasteiger partial charge in [-0.15, -0.1) is 11.3 Å². The van der Waals surface area contributed by atoms with Crippen LogP contribution in [0.1, 0.15) is 36.1 Å². The molecule has 0 saturated carbocycles. The number of nitrogens with zero attached hydrogens (tertiary/aromatic N) is 8. The molecule has 4 aromatic heterocycles. The number of thiophene rings is 1. The Balaban J connectivity index is 0.000000141. The second-order valence-corrected chi connectivity index (χ2v) is 38.5. The van der Waals surface area contributed by atoms with E-state index in [0.717, 1.165) is 106 Å². The van der Waals surface area contributed by atoms with Crippen LogP contribution in [0.3, 0.4) is 0 Å². The van der Waals surface area contributed by atoms with Crippen molar-refractivity contribution >= 4 is 85.6 Å². The summed E-state index contributed by atoms with van der Waals surface area (Å²) in [5.74, 6) is 2.63. The van der Waals surface area contributed by atoms with Gasteiger partial charge in [-0.3, -0.25) is 0 Å². The Morgan fingerprint density at radius 1 is 0.227 bits per heavy atom. The van der Waals surface area contributed by atoms with Crippen molar-refractivity contribution in [3.63, 3.8) is 0 Å². The quantitative estimate of drug-likeness (QED) is 0.113. The van der Waals surface area contributed by atoms with Crippen LogP contribution in [-0.4, -0.2) is 29.5 Å². The molecule has 4 heterocycles. The number of rotatable bonds is 13. The summed E-state index contributed by atoms with van der Waals surface area (Å²) >= 11 is 1.83. The van der Waals surface area contributed by atoms with Gasteiger partial charge in [0.1, 0.15) is 0 Å². The highest BCUT2D eigenvalue weighted by Crippen LogP contribution is 2.57. The smallest absolute Gasteiger partial charge is 0.164 e. The molecule has 21 aromatic carbocycles. The molecule has 654 valence electrons. The van der Waals surface area contributed by atoms with E-state index in [9.17, 15) is 10.5 Å². The van der Waals surface area contributed by atoms with Crippen LogP contribution < -0.4 is 0 Å². The molecule has 0 spiro atoms. The lowest BCUT2D eigenvalue weighted by molar-refractivity contribution is 0.660. The first-order valence-corrected chi connectivity index (χ1v) is 48.6. The number of hydrogen-bond acceptors (Lipinski definition) is 8. The highest BCUT2D eigenvalue weighted by molar-refractivity contribution is 7.26. The summed E-state index contributed by atoms with van der Waals surface area (Å²) in [6.07, 6.45) is 0. The van der Waals surface area contributed by atoms with E-state index in [1.165, 1.54) is 152 Å². The highest BCUT2D eigenvalue weighted by atomic mass is 32.1. The number of para-hydroxylation sites is 1. The van der Waals surface area contributed by atoms with E-state index in [-0.39, 0.29) is 5.41 Å². The van der Waals surface area contributed by atoms with E-state index in [1.807, 2.05) is 96.3 Å². The molecule has 28 rings (SSSR count). The lowest BCUT2D eigenvalue weighted by Crippen LogP contribution is -2.14. The molecule has 0 bridgehead atoms. The van der Waals surface area contributed by atoms with Gasteiger partial charge in [0.05, 0.1) is 45.7 Å². The van der Waals surface area contributed by atoms with E-state index < -0.39 is 0 Å². The van der Waals surface area contributed by atoms with Crippen molar-refractivity contribution in [3.8, 4) is 208 Å². The first kappa shape index (κ1) is 82.0. The van der Waals surface area contributed by atoms with E-state index >= 15 is 0 Å². The minimum atomic E-state index is -0.150. The van der Waals surface area contributed by atoms with Crippen molar-refractivity contribution in [2.45, 2.75) is 19.3 Å². The normalized spacial score (nSPS) is 12.2. The molecule has 141 heavy (non-hydrogen) atoms. The molecule has 3 aliphatic carbocycles. The summed E-state index contributed by atoms with van der Waals surface area (Å²) in [4.78, 5) is 26.1. The van der Waals surface area contributed by atoms with E-state index in [1.54, 1.807) is 0 Å². The average Bonchev–Trinajstić information content (AvgIpc) is 1.59. The Labute approximate surface area is 818 Å². The molecule has 0 amide bonds. The van der Waals surface area contributed by atoms with Gasteiger partial charge in [0, 0.05) is 75.4 Å². The maximum atomic E-state index is 9.46. The Bertz CT molecular complexity index is 9610. The fraction of sp³-hybridized carbons (Fsp3) is 0.0227. The van der Waals surface area contributed by atoms with Crippen LogP contribution in [0.5, 0.6) is 0 Å². The van der Waals surface area contributed by atoms with Crippen molar-refractivity contribution in [2.24, 2.45) is 0 Å². The molecular formula is C132H80N8S. The van der Waals surface area contributed by atoms with Crippen molar-refractivity contribution < 1.29 is 0 Å². The van der Waals surface area contributed by atoms with Gasteiger partial charge in [-0.2, -0.15) is 10.5 Å². The zero-order valence-electron chi connectivity index (χ0n) is 76.7. The molecule has 0 unspecified atom stereocenters. The zero-order chi connectivity index (χ0) is 93.7. The zero-order valence-corrected chi connectivity index (χ0v) is 77.5. The molecule has 0 atom stereocenters. The van der Waals surface area contributed by atoms with Crippen molar-refractivity contribution in [2.75, 3.05) is 0 Å². The van der Waals surface area contributed by atoms with Gasteiger partial charge in [0.15, 0.2) is 23.3 Å². The summed E-state index contributed by atoms with van der Waals surface area (Å²) in [5, 5.41) is 31.1. The molecule has 0 saturated heterocycles. The molecule has 3 aliphatic rings. The molecule has 8 nitrogen and oxygen atoms in total. The maximum Gasteiger partial charge on any atom is 0.164 e. The van der Waals surface area contributed by atoms with E-state index in [0.29, 0.717) is 34.4 Å². The molecule has 0 radical (unpaired) electrons. The Morgan fingerprint density at radius 3 is 1.30 bits per heavy atom. The Kier molecular flexibility index (Phi) is 19.1. The van der Waals surface area contributed by atoms with Crippen LogP contribution in [-0.2, 0) is 5.41 Å². The highest BCUT2D eigenvalue weighted by Gasteiger charge is 2.38. The maximum absolute atomic E-state index is 9.46. The van der Waals surface area contributed by atoms with Crippen LogP contribution in [0, 0.1) is 22.7 Å². The van der Waals surface area contributed by atoms with Crippen molar-refractivity contribution in [1.29, 1.82) is 10.5 Å². The first-order chi connectivity index (χ1) is 69.5. The van der Waals surface area contributed by atoms with Gasteiger partial charge in [-0.25, -0.2) is 24.9 Å². The first-order valence-electron chi connectivity index (χ1n) is 47.7. The van der Waals surface area contributed by atoms with Crippen LogP contribution >= 0.6 is 11.3 Å². The number of nitriles is 2. The molecule has 0 fully saturated rings. The lowest BCUT2D eigenvalue weighted by Gasteiger charge is -2.21. The Hall–Kier alpha value is -18.5. The molecular weight excluding hydrogens is 1730 g/mol. The fourth-order valence-corrected chi connectivity index (χ4v) is 23.5. The lowest BCUT2D eigenvalue weighted by atomic mass is 9.82. The van der Waals surface area contributed by atoms with E-state index in [4.69, 9.17) is 24.9 Å². The minimum Gasteiger partial charge on any atom is -0.309 e. The predicted octanol–water partition coefficient (Wildman–Crippen LogP) is 34.6. The van der Waals surface area contributed by atoms with Gasteiger partial charge in [-0.1, -0.05) is 372 Å². The van der Waals surface area contributed by atoms with Crippen molar-refractivity contribution in [3.05, 3.63) is 471 Å². The second-order valence-electron chi connectivity index (χ2n) is 37.4. The summed E-state index contributed by atoms with van der Waals surface area (Å²) < 4.78 is 4.90. The minimum absolute atomic E-state index is 0.150. The largest absolute Gasteiger partial charge is 0.309 e. The molecule has 0 aliphatic heterocycles. The van der Waals surface area contributed by atoms with Crippen LogP contribution in [0.25, 0.3) is 270 Å². The summed E-state index contributed by atoms with van der Waals surface area (Å²) in [6.45, 7) is 4.61. The standard InChI is InChI=1S/C67H40N4.C65H40N4S/c68-41-42-22-24-44(25-23-42)47-16-11-17-49(34-47)54-32-33-59-55-20-9-10-21-56(55)61-37-52(36-60(54)66(59)61)48-28-30-57-58-31-29-51(39-65(58)71(64(57)38-48)53-18-5-2-6-19-53)63-40-62(69-67(70-63)45-13-3-1-4-14-45)50-27-26-43-12-7-8-15-46(43)35-50;1-65(2)54-19-9-8-16-51(54)58-53(18-10-20-55(58)65)64-68-62(41-12-4-3-5-13-41)67-63(69-64)42-28-26-40(27-29-42)44-32-33-48-45-14-6-7-15-46(45)49-34-35-50(60(44)61(48)49)47-17-11-21-56-59(47)52-31-30-43(36-57(52)70-56)39-24-22-38(37-66)23-25-39/h1-40H;3-36H,1-2H3. The van der Waals surface area contributed by atoms with Gasteiger partial charge in [-0.05, 0) is 257 Å². The summed E-state index contributed by atoms with van der Waals surface area (Å²) in [7, 11) is 0. The average molecular weight is 1810 g/mol. The summed E-state index contributed by atoms with van der Waals surface area (Å²) in [5.41, 5.74) is 41.1. The number of hydrogen-bond donors (Lipinski definition) is 0. The molecule has 25 aromatic rings. The van der Waals surface area contributed by atoms with Crippen LogP contribution in [0.15, 0.2) is 449 Å².